The Morgan fingerprint density at radius 2 is 2.10 bits per heavy atom. The van der Waals surface area contributed by atoms with Crippen LogP contribution in [-0.4, -0.2) is 11.2 Å². The number of hydrazone groups is 1. The van der Waals surface area contributed by atoms with Gasteiger partial charge in [0.25, 0.3) is 0 Å². The van der Waals surface area contributed by atoms with E-state index in [0.29, 0.717) is 0 Å². The molecule has 0 spiro atoms. The second-order valence-corrected chi connectivity index (χ2v) is 5.86. The fourth-order valence-electron chi connectivity index (χ4n) is 1.49. The van der Waals surface area contributed by atoms with Gasteiger partial charge in [-0.15, -0.1) is 0 Å². The van der Waals surface area contributed by atoms with Crippen LogP contribution in [0.4, 0.5) is 20.2 Å². The normalized spacial score (nSPS) is 10.9. The number of benzene rings is 1. The molecule has 2 aromatic rings. The molecular weight excluding hydrogens is 433 g/mol. The maximum Gasteiger partial charge on any atom is 0.158 e. The van der Waals surface area contributed by atoms with Crippen molar-refractivity contribution in [3.05, 3.63) is 52.8 Å². The van der Waals surface area contributed by atoms with Gasteiger partial charge in [-0.1, -0.05) is 11.6 Å². The van der Waals surface area contributed by atoms with E-state index >= 15 is 0 Å². The molecule has 1 aromatic heterocycles. The Kier molecular flexibility index (Phi) is 6.00. The molecule has 0 unspecified atom stereocenters. The third kappa shape index (κ3) is 4.42. The van der Waals surface area contributed by atoms with Crippen LogP contribution in [0.5, 0.6) is 0 Å². The molecule has 9 heteroatoms. The molecule has 4 nitrogen and oxygen atoms in total. The number of halogens is 4. The number of aromatic nitrogens is 1. The third-order valence-electron chi connectivity index (χ3n) is 2.40. The minimum Gasteiger partial charge on any atom is -0.349 e. The number of pyridine rings is 1. The predicted octanol–water partition coefficient (Wildman–Crippen LogP) is 4.68. The molecule has 1 aromatic carbocycles. The summed E-state index contributed by atoms with van der Waals surface area (Å²) >= 11 is 7.65. The van der Waals surface area contributed by atoms with Crippen LogP contribution in [-0.2, 0) is 0 Å². The number of hydrogen-bond acceptors (Lipinski definition) is 5. The zero-order chi connectivity index (χ0) is 15.2. The van der Waals surface area contributed by atoms with Crippen molar-refractivity contribution in [1.29, 1.82) is 0 Å². The standard InChI is InChI=1S/C12H8ClF2IN4S/c13-8-1-2-10(9(14)3-8)19-11-6-17-4-7(12(11)15)5-18-20-21-16/h1-6,19-20H/b18-5+. The van der Waals surface area contributed by atoms with Crippen LogP contribution in [0.2, 0.25) is 5.02 Å². The Bertz CT molecular complexity index is 672. The van der Waals surface area contributed by atoms with Crippen LogP contribution in [0.3, 0.4) is 0 Å². The number of nitrogens with one attached hydrogen (secondary N) is 2. The molecule has 0 aliphatic carbocycles. The van der Waals surface area contributed by atoms with Gasteiger partial charge in [0.15, 0.2) is 5.82 Å². The Hall–Kier alpha value is -1.13. The van der Waals surface area contributed by atoms with Gasteiger partial charge in [-0.05, 0) is 18.2 Å². The van der Waals surface area contributed by atoms with Crippen molar-refractivity contribution in [2.24, 2.45) is 5.10 Å². The Labute approximate surface area is 141 Å². The van der Waals surface area contributed by atoms with Gasteiger partial charge < -0.3 is 5.32 Å². The van der Waals surface area contributed by atoms with Crippen LogP contribution >= 0.6 is 41.9 Å². The SMILES string of the molecule is Fc1cc(Cl)ccc1Nc1cncc(/C=N/NSI)c1F. The molecule has 0 aliphatic rings. The first kappa shape index (κ1) is 16.2. The summed E-state index contributed by atoms with van der Waals surface area (Å²) in [5.41, 5.74) is 0.324. The summed E-state index contributed by atoms with van der Waals surface area (Å²) in [7, 11) is 1.24. The van der Waals surface area contributed by atoms with Gasteiger partial charge >= 0.3 is 0 Å². The molecule has 0 atom stereocenters. The summed E-state index contributed by atoms with van der Waals surface area (Å²) in [4.78, 5) is 6.48. The second-order valence-electron chi connectivity index (χ2n) is 3.77. The van der Waals surface area contributed by atoms with E-state index in [2.05, 4.69) is 20.2 Å². The lowest BCUT2D eigenvalue weighted by Gasteiger charge is -2.09. The lowest BCUT2D eigenvalue weighted by Crippen LogP contribution is -2.01. The average molecular weight is 441 g/mol. The average Bonchev–Trinajstić information content (AvgIpc) is 2.46. The van der Waals surface area contributed by atoms with Crippen molar-refractivity contribution >= 4 is 59.5 Å². The van der Waals surface area contributed by atoms with E-state index in [0.717, 1.165) is 6.07 Å². The quantitative estimate of drug-likeness (QED) is 0.307. The summed E-state index contributed by atoms with van der Waals surface area (Å²) in [6.45, 7) is 0. The highest BCUT2D eigenvalue weighted by molar-refractivity contribution is 14.2. The second kappa shape index (κ2) is 7.76. The van der Waals surface area contributed by atoms with Crippen molar-refractivity contribution in [2.75, 3.05) is 5.32 Å². The van der Waals surface area contributed by atoms with E-state index in [1.807, 2.05) is 21.2 Å². The Balaban J connectivity index is 2.26. The highest BCUT2D eigenvalue weighted by Gasteiger charge is 2.10. The maximum absolute atomic E-state index is 14.2. The zero-order valence-corrected chi connectivity index (χ0v) is 14.0. The molecule has 21 heavy (non-hydrogen) atoms. The fourth-order valence-corrected chi connectivity index (χ4v) is 2.08. The first-order chi connectivity index (χ1) is 10.1. The number of rotatable bonds is 5. The Morgan fingerprint density at radius 3 is 2.81 bits per heavy atom. The lowest BCUT2D eigenvalue weighted by molar-refractivity contribution is 0.623. The summed E-state index contributed by atoms with van der Waals surface area (Å²) in [5.74, 6) is -1.16. The van der Waals surface area contributed by atoms with Crippen molar-refractivity contribution < 1.29 is 8.78 Å². The number of nitrogens with zero attached hydrogens (tertiary/aromatic N) is 2. The van der Waals surface area contributed by atoms with E-state index in [4.69, 9.17) is 11.6 Å². The minimum atomic E-state index is -0.580. The number of hydrogen-bond donors (Lipinski definition) is 2. The van der Waals surface area contributed by atoms with Crippen LogP contribution in [0, 0.1) is 11.6 Å². The molecule has 0 fully saturated rings. The molecule has 0 amide bonds. The van der Waals surface area contributed by atoms with E-state index in [1.165, 1.54) is 39.9 Å². The topological polar surface area (TPSA) is 49.3 Å². The molecule has 0 bridgehead atoms. The summed E-state index contributed by atoms with van der Waals surface area (Å²) in [5, 5.41) is 6.68. The van der Waals surface area contributed by atoms with Crippen molar-refractivity contribution in [3.63, 3.8) is 0 Å². The van der Waals surface area contributed by atoms with Crippen molar-refractivity contribution in [3.8, 4) is 0 Å². The molecule has 0 aliphatic heterocycles. The molecule has 0 saturated carbocycles. The largest absolute Gasteiger partial charge is 0.349 e. The van der Waals surface area contributed by atoms with Gasteiger partial charge in [0.1, 0.15) is 5.82 Å². The van der Waals surface area contributed by atoms with Crippen molar-refractivity contribution in [1.82, 2.24) is 9.82 Å². The fraction of sp³-hybridized carbons (Fsp3) is 0. The molecule has 0 radical (unpaired) electrons. The van der Waals surface area contributed by atoms with Gasteiger partial charge in [-0.2, -0.15) is 5.10 Å². The van der Waals surface area contributed by atoms with E-state index in [1.54, 1.807) is 0 Å². The highest BCUT2D eigenvalue weighted by atomic mass is 127. The first-order valence-corrected chi connectivity index (χ1v) is 9.26. The summed E-state index contributed by atoms with van der Waals surface area (Å²) < 4.78 is 27.9. The first-order valence-electron chi connectivity index (χ1n) is 5.53. The smallest absolute Gasteiger partial charge is 0.158 e. The van der Waals surface area contributed by atoms with E-state index < -0.39 is 11.6 Å². The van der Waals surface area contributed by atoms with E-state index in [9.17, 15) is 8.78 Å². The van der Waals surface area contributed by atoms with Gasteiger partial charge in [0.05, 0.1) is 29.3 Å². The van der Waals surface area contributed by atoms with Crippen molar-refractivity contribution in [2.45, 2.75) is 0 Å². The van der Waals surface area contributed by atoms with Gasteiger partial charge in [-0.3, -0.25) is 4.98 Å². The van der Waals surface area contributed by atoms with Gasteiger partial charge in [-0.25, -0.2) is 13.6 Å². The zero-order valence-electron chi connectivity index (χ0n) is 10.3. The molecule has 2 N–H and O–H groups in total. The van der Waals surface area contributed by atoms with Crippen LogP contribution in [0.25, 0.3) is 0 Å². The third-order valence-corrected chi connectivity index (χ3v) is 3.40. The van der Waals surface area contributed by atoms with Crippen LogP contribution in [0.15, 0.2) is 35.7 Å². The monoisotopic (exact) mass is 440 g/mol. The minimum absolute atomic E-state index is 0.0438. The summed E-state index contributed by atoms with van der Waals surface area (Å²) in [6, 6.07) is 4.07. The molecule has 0 saturated heterocycles. The molecule has 110 valence electrons. The van der Waals surface area contributed by atoms with Gasteiger partial charge in [0.2, 0.25) is 0 Å². The predicted molar refractivity (Wildman–Crippen MR) is 91.2 cm³/mol. The highest BCUT2D eigenvalue weighted by Crippen LogP contribution is 2.25. The van der Waals surface area contributed by atoms with E-state index in [-0.39, 0.29) is 22.0 Å². The molecular formula is C12H8ClF2IN4S. The molecule has 2 rings (SSSR count). The molecule has 1 heterocycles. The number of anilines is 2. The summed E-state index contributed by atoms with van der Waals surface area (Å²) in [6.07, 6.45) is 3.88. The van der Waals surface area contributed by atoms with Crippen LogP contribution < -0.4 is 10.1 Å². The van der Waals surface area contributed by atoms with Crippen LogP contribution in [0.1, 0.15) is 5.56 Å². The lowest BCUT2D eigenvalue weighted by atomic mass is 10.2. The Morgan fingerprint density at radius 1 is 1.29 bits per heavy atom. The van der Waals surface area contributed by atoms with Gasteiger partial charge in [0, 0.05) is 41.5 Å². The maximum atomic E-state index is 14.2.